The molecule has 0 heterocycles. The minimum Gasteiger partial charge on any atom is -0.462 e. The van der Waals surface area contributed by atoms with Crippen molar-refractivity contribution < 1.29 is 9.53 Å². The van der Waals surface area contributed by atoms with Crippen LogP contribution in [-0.4, -0.2) is 37.1 Å². The fraction of sp³-hybridized carbons (Fsp3) is 0.841. The molecule has 0 spiro atoms. The molecule has 3 nitrogen and oxygen atoms in total. The molecular weight excluding hydrogens is 574 g/mol. The summed E-state index contributed by atoms with van der Waals surface area (Å²) in [4.78, 5) is 15.5. The van der Waals surface area contributed by atoms with E-state index in [1.807, 2.05) is 0 Å². The van der Waals surface area contributed by atoms with Crippen molar-refractivity contribution in [1.82, 2.24) is 4.90 Å². The minimum atomic E-state index is 0.105. The molecule has 2 aliphatic rings. The lowest BCUT2D eigenvalue weighted by Crippen LogP contribution is -2.35. The Labute approximate surface area is 293 Å². The summed E-state index contributed by atoms with van der Waals surface area (Å²) in [5.74, 6) is 0.228. The van der Waals surface area contributed by atoms with Crippen LogP contribution in [0.2, 0.25) is 0 Å². The average Bonchev–Trinajstić information content (AvgIpc) is 3.07. The number of ether oxygens (including phenoxy) is 1. The highest BCUT2D eigenvalue weighted by Gasteiger charge is 2.29. The molecule has 0 aliphatic heterocycles. The van der Waals surface area contributed by atoms with Crippen molar-refractivity contribution in [2.75, 3.05) is 14.1 Å². The Balaban J connectivity index is 1.71. The molecule has 1 fully saturated rings. The Bertz CT molecular complexity index is 791. The van der Waals surface area contributed by atoms with E-state index in [2.05, 4.69) is 55.5 Å². The lowest BCUT2D eigenvalue weighted by molar-refractivity contribution is -0.156. The van der Waals surface area contributed by atoms with Gasteiger partial charge < -0.3 is 9.64 Å². The Kier molecular flexibility index (Phi) is 27.3. The number of allylic oxidation sites excluding steroid dienone is 6. The quantitative estimate of drug-likeness (QED) is 0.224. The van der Waals surface area contributed by atoms with Gasteiger partial charge in [0.05, 0.1) is 5.92 Å². The van der Waals surface area contributed by atoms with Gasteiger partial charge in [-0.1, -0.05) is 133 Å². The van der Waals surface area contributed by atoms with E-state index in [1.165, 1.54) is 161 Å². The molecule has 0 N–H and O–H groups in total. The maximum Gasteiger partial charge on any atom is 0.309 e. The fourth-order valence-corrected chi connectivity index (χ4v) is 7.54. The largest absolute Gasteiger partial charge is 0.462 e. The molecule has 2 aliphatic carbocycles. The summed E-state index contributed by atoms with van der Waals surface area (Å²) in [7, 11) is 4.34. The molecule has 272 valence electrons. The van der Waals surface area contributed by atoms with Gasteiger partial charge in [-0.05, 0) is 123 Å². The predicted octanol–water partition coefficient (Wildman–Crippen LogP) is 13.6. The highest BCUT2D eigenvalue weighted by Crippen LogP contribution is 2.29. The second kappa shape index (κ2) is 30.7. The minimum absolute atomic E-state index is 0.105. The number of hydrogen-bond donors (Lipinski definition) is 0. The van der Waals surface area contributed by atoms with Gasteiger partial charge in [0, 0.05) is 6.04 Å². The molecule has 3 heteroatoms. The Morgan fingerprint density at radius 1 is 0.447 bits per heavy atom. The van der Waals surface area contributed by atoms with Crippen LogP contribution in [0.25, 0.3) is 0 Å². The van der Waals surface area contributed by atoms with Crippen LogP contribution in [0.15, 0.2) is 36.5 Å². The molecule has 0 amide bonds. The zero-order valence-electron chi connectivity index (χ0n) is 31.6. The Morgan fingerprint density at radius 2 is 0.787 bits per heavy atom. The molecular formula is C44H79NO2. The third-order valence-electron chi connectivity index (χ3n) is 10.9. The molecule has 0 bridgehead atoms. The topological polar surface area (TPSA) is 29.5 Å². The number of carbonyl (C=O) groups excluding carboxylic acids is 1. The van der Waals surface area contributed by atoms with Crippen LogP contribution in [0.3, 0.4) is 0 Å². The van der Waals surface area contributed by atoms with Gasteiger partial charge in [0.25, 0.3) is 0 Å². The fourth-order valence-electron chi connectivity index (χ4n) is 7.54. The van der Waals surface area contributed by atoms with Crippen LogP contribution >= 0.6 is 0 Å². The summed E-state index contributed by atoms with van der Waals surface area (Å²) < 4.78 is 6.25. The van der Waals surface area contributed by atoms with Crippen LogP contribution < -0.4 is 0 Å². The number of nitrogens with zero attached hydrogens (tertiary/aromatic N) is 1. The summed E-state index contributed by atoms with van der Waals surface area (Å²) in [5, 5.41) is 0. The summed E-state index contributed by atoms with van der Waals surface area (Å²) in [5.41, 5.74) is 0. The second-order valence-electron chi connectivity index (χ2n) is 15.3. The molecule has 1 saturated carbocycles. The summed E-state index contributed by atoms with van der Waals surface area (Å²) in [6.07, 6.45) is 55.2. The predicted molar refractivity (Wildman–Crippen MR) is 206 cm³/mol. The zero-order valence-corrected chi connectivity index (χ0v) is 31.6. The molecule has 0 aromatic rings. The molecule has 0 radical (unpaired) electrons. The first-order valence-corrected chi connectivity index (χ1v) is 21.0. The molecule has 1 unspecified atom stereocenters. The lowest BCUT2D eigenvalue weighted by atomic mass is 9.85. The van der Waals surface area contributed by atoms with Gasteiger partial charge >= 0.3 is 5.97 Å². The Hall–Kier alpha value is -1.35. The van der Waals surface area contributed by atoms with Crippen LogP contribution in [0.1, 0.15) is 205 Å². The van der Waals surface area contributed by atoms with Crippen molar-refractivity contribution in [1.29, 1.82) is 0 Å². The van der Waals surface area contributed by atoms with Crippen LogP contribution in [0.5, 0.6) is 0 Å². The number of carbonyl (C=O) groups is 1. The van der Waals surface area contributed by atoms with Gasteiger partial charge in [0.2, 0.25) is 0 Å². The van der Waals surface area contributed by atoms with Crippen LogP contribution in [-0.2, 0) is 9.53 Å². The maximum atomic E-state index is 13.2. The monoisotopic (exact) mass is 654 g/mol. The molecule has 1 atom stereocenters. The first-order valence-electron chi connectivity index (χ1n) is 21.0. The van der Waals surface area contributed by atoms with Crippen molar-refractivity contribution in [3.8, 4) is 0 Å². The van der Waals surface area contributed by atoms with Crippen LogP contribution in [0.4, 0.5) is 0 Å². The molecule has 0 aromatic heterocycles. The van der Waals surface area contributed by atoms with Gasteiger partial charge in [-0.15, -0.1) is 0 Å². The van der Waals surface area contributed by atoms with E-state index in [1.54, 1.807) is 0 Å². The smallest absolute Gasteiger partial charge is 0.309 e. The van der Waals surface area contributed by atoms with Crippen molar-refractivity contribution in [3.63, 3.8) is 0 Å². The van der Waals surface area contributed by atoms with Gasteiger partial charge in [0.1, 0.15) is 6.10 Å². The van der Waals surface area contributed by atoms with E-state index in [0.29, 0.717) is 6.04 Å². The average molecular weight is 654 g/mol. The summed E-state index contributed by atoms with van der Waals surface area (Å²) >= 11 is 0. The Morgan fingerprint density at radius 3 is 1.17 bits per heavy atom. The first-order chi connectivity index (χ1) is 23.2. The van der Waals surface area contributed by atoms with E-state index in [-0.39, 0.29) is 18.0 Å². The molecule has 47 heavy (non-hydrogen) atoms. The van der Waals surface area contributed by atoms with E-state index in [4.69, 9.17) is 4.74 Å². The van der Waals surface area contributed by atoms with Gasteiger partial charge in [-0.3, -0.25) is 4.79 Å². The van der Waals surface area contributed by atoms with E-state index < -0.39 is 0 Å². The highest BCUT2D eigenvalue weighted by atomic mass is 16.5. The molecule has 0 saturated heterocycles. The highest BCUT2D eigenvalue weighted by molar-refractivity contribution is 5.72. The SMILES string of the molecule is CN(C)C1CCC(C(=O)OC2CCCCCCCC/C=C\C/C=C\CCCCCCCCCCC/C=C\CCCCCCCC2)CC1. The van der Waals surface area contributed by atoms with Gasteiger partial charge in [-0.25, -0.2) is 0 Å². The molecule has 2 rings (SSSR count). The third-order valence-corrected chi connectivity index (χ3v) is 10.9. The van der Waals surface area contributed by atoms with E-state index in [0.717, 1.165) is 44.9 Å². The zero-order chi connectivity index (χ0) is 33.5. The number of hydrogen-bond acceptors (Lipinski definition) is 3. The third kappa shape index (κ3) is 24.4. The van der Waals surface area contributed by atoms with Gasteiger partial charge in [0.15, 0.2) is 0 Å². The lowest BCUT2D eigenvalue weighted by Gasteiger charge is -2.32. The van der Waals surface area contributed by atoms with E-state index >= 15 is 0 Å². The standard InChI is InChI=1S/C44H79NO2/c1-45(2)42-39-37-41(38-40-42)44(46)47-43-35-33-31-29-27-25-23-21-19-17-15-13-11-9-7-5-3-4-6-8-10-12-14-16-18-20-22-24-26-28-30-32-34-36-43/h11,13,17-20,41-43H,3-10,12,14-16,21-40H2,1-2H3/b13-11-,19-17-,20-18-. The van der Waals surface area contributed by atoms with Crippen LogP contribution in [0, 0.1) is 5.92 Å². The number of rotatable bonds is 3. The summed E-state index contributed by atoms with van der Waals surface area (Å²) in [6, 6.07) is 0.626. The van der Waals surface area contributed by atoms with Crippen molar-refractivity contribution in [3.05, 3.63) is 36.5 Å². The van der Waals surface area contributed by atoms with E-state index in [9.17, 15) is 4.79 Å². The summed E-state index contributed by atoms with van der Waals surface area (Å²) in [6.45, 7) is 0. The maximum absolute atomic E-state index is 13.2. The van der Waals surface area contributed by atoms with Crippen molar-refractivity contribution >= 4 is 5.97 Å². The molecule has 0 aromatic carbocycles. The first kappa shape index (κ1) is 41.8. The number of esters is 1. The van der Waals surface area contributed by atoms with Gasteiger partial charge in [-0.2, -0.15) is 0 Å². The second-order valence-corrected chi connectivity index (χ2v) is 15.3. The van der Waals surface area contributed by atoms with Crippen molar-refractivity contribution in [2.45, 2.75) is 218 Å². The van der Waals surface area contributed by atoms with Crippen molar-refractivity contribution in [2.24, 2.45) is 5.92 Å². The normalized spacial score (nSPS) is 28.6.